The molecule has 0 aliphatic rings. The maximum atomic E-state index is 12.5. The fraction of sp³-hybridized carbons (Fsp3) is 0.316. The molecular formula is C19H24N2O2. The van der Waals surface area contributed by atoms with E-state index in [2.05, 4.69) is 5.32 Å². The molecule has 23 heavy (non-hydrogen) atoms. The highest BCUT2D eigenvalue weighted by Crippen LogP contribution is 2.24. The van der Waals surface area contributed by atoms with Crippen molar-refractivity contribution >= 4 is 11.6 Å². The normalized spacial score (nSPS) is 10.2. The van der Waals surface area contributed by atoms with Crippen LogP contribution in [0.2, 0.25) is 0 Å². The molecule has 4 heteroatoms. The number of nitrogens with zero attached hydrogens (tertiary/aromatic N) is 1. The van der Waals surface area contributed by atoms with Crippen molar-refractivity contribution in [2.75, 3.05) is 25.5 Å². The van der Waals surface area contributed by atoms with Gasteiger partial charge in [0.2, 0.25) is 5.91 Å². The van der Waals surface area contributed by atoms with Crippen molar-refractivity contribution in [3.05, 3.63) is 59.7 Å². The van der Waals surface area contributed by atoms with Crippen molar-refractivity contribution in [3.63, 3.8) is 0 Å². The topological polar surface area (TPSA) is 41.6 Å². The standard InChI is InChI=1S/C19H24N2O2/c1-4-21(14-16-8-6-5-7-9-16)19(22)13-20-17-12-15(2)10-11-18(17)23-3/h5-12,20H,4,13-14H2,1-3H3. The van der Waals surface area contributed by atoms with E-state index in [1.165, 1.54) is 0 Å². The van der Waals surface area contributed by atoms with Crippen LogP contribution in [-0.2, 0) is 11.3 Å². The van der Waals surface area contributed by atoms with Crippen molar-refractivity contribution in [3.8, 4) is 5.75 Å². The molecule has 0 bridgehead atoms. The summed E-state index contributed by atoms with van der Waals surface area (Å²) in [7, 11) is 1.63. The Kier molecular flexibility index (Phi) is 6.03. The van der Waals surface area contributed by atoms with E-state index in [0.717, 1.165) is 22.6 Å². The number of likely N-dealkylation sites (N-methyl/N-ethyl adjacent to an activating group) is 1. The highest BCUT2D eigenvalue weighted by atomic mass is 16.5. The summed E-state index contributed by atoms with van der Waals surface area (Å²) in [6.45, 7) is 5.57. The Bertz CT molecular complexity index is 641. The summed E-state index contributed by atoms with van der Waals surface area (Å²) >= 11 is 0. The van der Waals surface area contributed by atoms with Crippen LogP contribution in [0.3, 0.4) is 0 Å². The van der Waals surface area contributed by atoms with E-state index in [4.69, 9.17) is 4.74 Å². The average molecular weight is 312 g/mol. The van der Waals surface area contributed by atoms with Crippen LogP contribution in [0, 0.1) is 6.92 Å². The van der Waals surface area contributed by atoms with Gasteiger partial charge in [-0.15, -0.1) is 0 Å². The Balaban J connectivity index is 1.99. The number of hydrogen-bond donors (Lipinski definition) is 1. The summed E-state index contributed by atoms with van der Waals surface area (Å²) in [6, 6.07) is 15.9. The molecule has 2 aromatic carbocycles. The summed E-state index contributed by atoms with van der Waals surface area (Å²) in [5.74, 6) is 0.814. The van der Waals surface area contributed by atoms with E-state index in [-0.39, 0.29) is 12.5 Å². The van der Waals surface area contributed by atoms with Gasteiger partial charge in [0.25, 0.3) is 0 Å². The minimum Gasteiger partial charge on any atom is -0.495 e. The summed E-state index contributed by atoms with van der Waals surface area (Å²) < 4.78 is 5.33. The first kappa shape index (κ1) is 16.9. The number of aryl methyl sites for hydroxylation is 1. The van der Waals surface area contributed by atoms with E-state index >= 15 is 0 Å². The lowest BCUT2D eigenvalue weighted by Crippen LogP contribution is -2.35. The predicted molar refractivity (Wildman–Crippen MR) is 93.8 cm³/mol. The number of rotatable bonds is 7. The predicted octanol–water partition coefficient (Wildman–Crippen LogP) is 3.46. The van der Waals surface area contributed by atoms with Crippen LogP contribution >= 0.6 is 0 Å². The first-order chi connectivity index (χ1) is 11.1. The molecule has 0 fully saturated rings. The molecule has 0 unspecified atom stereocenters. The number of methoxy groups -OCH3 is 1. The number of ether oxygens (including phenoxy) is 1. The summed E-state index contributed by atoms with van der Waals surface area (Å²) in [6.07, 6.45) is 0. The largest absolute Gasteiger partial charge is 0.495 e. The zero-order chi connectivity index (χ0) is 16.7. The Morgan fingerprint density at radius 2 is 1.91 bits per heavy atom. The second-order valence-electron chi connectivity index (χ2n) is 5.45. The molecule has 1 amide bonds. The van der Waals surface area contributed by atoms with Crippen molar-refractivity contribution in [2.24, 2.45) is 0 Å². The Hall–Kier alpha value is -2.49. The van der Waals surface area contributed by atoms with Gasteiger partial charge in [-0.05, 0) is 37.1 Å². The Morgan fingerprint density at radius 1 is 1.17 bits per heavy atom. The fourth-order valence-corrected chi connectivity index (χ4v) is 2.42. The van der Waals surface area contributed by atoms with Gasteiger partial charge >= 0.3 is 0 Å². The maximum Gasteiger partial charge on any atom is 0.242 e. The molecule has 0 atom stereocenters. The molecule has 1 N–H and O–H groups in total. The number of benzene rings is 2. The third kappa shape index (κ3) is 4.74. The summed E-state index contributed by atoms with van der Waals surface area (Å²) in [5, 5.41) is 3.19. The summed E-state index contributed by atoms with van der Waals surface area (Å²) in [4.78, 5) is 14.3. The molecule has 0 heterocycles. The zero-order valence-electron chi connectivity index (χ0n) is 14.0. The van der Waals surface area contributed by atoms with Crippen molar-refractivity contribution in [1.82, 2.24) is 4.90 Å². The van der Waals surface area contributed by atoms with Crippen LogP contribution in [0.1, 0.15) is 18.1 Å². The van der Waals surface area contributed by atoms with Crippen LogP contribution in [-0.4, -0.2) is 31.0 Å². The molecular weight excluding hydrogens is 288 g/mol. The Labute approximate surface area is 138 Å². The van der Waals surface area contributed by atoms with Gasteiger partial charge in [-0.1, -0.05) is 36.4 Å². The molecule has 0 radical (unpaired) electrons. The van der Waals surface area contributed by atoms with Crippen LogP contribution in [0.5, 0.6) is 5.75 Å². The maximum absolute atomic E-state index is 12.5. The molecule has 2 aromatic rings. The van der Waals surface area contributed by atoms with Gasteiger partial charge in [-0.2, -0.15) is 0 Å². The lowest BCUT2D eigenvalue weighted by Gasteiger charge is -2.22. The lowest BCUT2D eigenvalue weighted by atomic mass is 10.2. The van der Waals surface area contributed by atoms with Gasteiger partial charge in [0, 0.05) is 13.1 Å². The number of carbonyl (C=O) groups is 1. The molecule has 0 aromatic heterocycles. The summed E-state index contributed by atoms with van der Waals surface area (Å²) in [5.41, 5.74) is 3.10. The van der Waals surface area contributed by atoms with Gasteiger partial charge in [0.15, 0.2) is 0 Å². The van der Waals surface area contributed by atoms with E-state index in [9.17, 15) is 4.79 Å². The zero-order valence-corrected chi connectivity index (χ0v) is 14.0. The first-order valence-corrected chi connectivity index (χ1v) is 7.84. The van der Waals surface area contributed by atoms with E-state index in [1.807, 2.05) is 67.3 Å². The average Bonchev–Trinajstić information content (AvgIpc) is 2.58. The van der Waals surface area contributed by atoms with E-state index in [0.29, 0.717) is 13.1 Å². The smallest absolute Gasteiger partial charge is 0.242 e. The van der Waals surface area contributed by atoms with Gasteiger partial charge < -0.3 is 15.0 Å². The molecule has 122 valence electrons. The van der Waals surface area contributed by atoms with Gasteiger partial charge in [-0.3, -0.25) is 4.79 Å². The molecule has 0 saturated heterocycles. The minimum atomic E-state index is 0.0694. The number of nitrogens with one attached hydrogen (secondary N) is 1. The Morgan fingerprint density at radius 3 is 2.57 bits per heavy atom. The van der Waals surface area contributed by atoms with Crippen LogP contribution < -0.4 is 10.1 Å². The second-order valence-corrected chi connectivity index (χ2v) is 5.45. The highest BCUT2D eigenvalue weighted by Gasteiger charge is 2.13. The molecule has 0 saturated carbocycles. The van der Waals surface area contributed by atoms with Crippen molar-refractivity contribution < 1.29 is 9.53 Å². The number of anilines is 1. The molecule has 0 spiro atoms. The third-order valence-corrected chi connectivity index (χ3v) is 3.74. The molecule has 2 rings (SSSR count). The lowest BCUT2D eigenvalue weighted by molar-refractivity contribution is -0.129. The van der Waals surface area contributed by atoms with Crippen LogP contribution in [0.15, 0.2) is 48.5 Å². The second kappa shape index (κ2) is 8.22. The first-order valence-electron chi connectivity index (χ1n) is 7.84. The molecule has 0 aliphatic carbocycles. The monoisotopic (exact) mass is 312 g/mol. The van der Waals surface area contributed by atoms with Crippen LogP contribution in [0.25, 0.3) is 0 Å². The molecule has 0 aliphatic heterocycles. The molecule has 4 nitrogen and oxygen atoms in total. The SMILES string of the molecule is CCN(Cc1ccccc1)C(=O)CNc1cc(C)ccc1OC. The van der Waals surface area contributed by atoms with Gasteiger partial charge in [-0.25, -0.2) is 0 Å². The number of amides is 1. The van der Waals surface area contributed by atoms with E-state index in [1.54, 1.807) is 7.11 Å². The quantitative estimate of drug-likeness (QED) is 0.851. The fourth-order valence-electron chi connectivity index (χ4n) is 2.42. The minimum absolute atomic E-state index is 0.0694. The number of carbonyl (C=O) groups excluding carboxylic acids is 1. The van der Waals surface area contributed by atoms with Crippen molar-refractivity contribution in [1.29, 1.82) is 0 Å². The van der Waals surface area contributed by atoms with Crippen molar-refractivity contribution in [2.45, 2.75) is 20.4 Å². The number of hydrogen-bond acceptors (Lipinski definition) is 3. The third-order valence-electron chi connectivity index (χ3n) is 3.74. The van der Waals surface area contributed by atoms with E-state index < -0.39 is 0 Å². The van der Waals surface area contributed by atoms with Gasteiger partial charge in [0.05, 0.1) is 19.3 Å². The van der Waals surface area contributed by atoms with Gasteiger partial charge in [0.1, 0.15) is 5.75 Å². The highest BCUT2D eigenvalue weighted by molar-refractivity contribution is 5.81. The van der Waals surface area contributed by atoms with Crippen LogP contribution in [0.4, 0.5) is 5.69 Å².